The van der Waals surface area contributed by atoms with Crippen molar-refractivity contribution in [2.24, 2.45) is 11.8 Å². The molecule has 0 aromatic heterocycles. The molecule has 2 aliphatic heterocycles. The molecule has 21 heavy (non-hydrogen) atoms. The monoisotopic (exact) mass is 297 g/mol. The van der Waals surface area contributed by atoms with Crippen molar-refractivity contribution in [3.05, 3.63) is 0 Å². The van der Waals surface area contributed by atoms with Gasteiger partial charge in [0.25, 0.3) is 0 Å². The number of rotatable bonds is 3. The second-order valence-electron chi connectivity index (χ2n) is 6.07. The van der Waals surface area contributed by atoms with E-state index in [4.69, 9.17) is 5.11 Å². The summed E-state index contributed by atoms with van der Waals surface area (Å²) in [6, 6.07) is -0.463. The van der Waals surface area contributed by atoms with E-state index in [9.17, 15) is 14.4 Å². The highest BCUT2D eigenvalue weighted by Gasteiger charge is 2.35. The predicted octanol–water partition coefficient (Wildman–Crippen LogP) is 0.406. The lowest BCUT2D eigenvalue weighted by Gasteiger charge is -2.41. The highest BCUT2D eigenvalue weighted by atomic mass is 16.4. The highest BCUT2D eigenvalue weighted by Crippen LogP contribution is 2.25. The predicted molar refractivity (Wildman–Crippen MR) is 75.6 cm³/mol. The maximum absolute atomic E-state index is 12.2. The molecule has 7 heteroatoms. The fraction of sp³-hybridized carbons (Fsp3) is 0.786. The van der Waals surface area contributed by atoms with E-state index in [1.165, 1.54) is 0 Å². The largest absolute Gasteiger partial charge is 0.481 e. The number of nitrogens with one attached hydrogen (secondary N) is 2. The Bertz CT molecular complexity index is 440. The molecule has 0 aromatic rings. The van der Waals surface area contributed by atoms with Gasteiger partial charge in [0.1, 0.15) is 0 Å². The van der Waals surface area contributed by atoms with E-state index in [1.54, 1.807) is 18.7 Å². The molecule has 2 fully saturated rings. The number of hydrogen-bond acceptors (Lipinski definition) is 3. The van der Waals surface area contributed by atoms with Gasteiger partial charge in [-0.25, -0.2) is 4.79 Å². The van der Waals surface area contributed by atoms with Crippen LogP contribution in [0.4, 0.5) is 4.79 Å². The summed E-state index contributed by atoms with van der Waals surface area (Å²) < 4.78 is 0. The fourth-order valence-electron chi connectivity index (χ4n) is 2.92. The SMILES string of the molecule is CC(NC(=O)N1CCC2NC(=O)CCC2C1)C(C)C(=O)O. The molecule has 2 rings (SSSR count). The number of carboxylic acids is 1. The number of carboxylic acid groups (broad SMARTS) is 1. The van der Waals surface area contributed by atoms with Crippen LogP contribution in [0.5, 0.6) is 0 Å². The standard InChI is InChI=1S/C14H23N3O4/c1-8(13(19)20)9(2)15-14(21)17-6-5-11-10(7-17)3-4-12(18)16-11/h8-11H,3-7H2,1-2H3,(H,15,21)(H,16,18)(H,19,20). The zero-order valence-corrected chi connectivity index (χ0v) is 12.5. The average molecular weight is 297 g/mol. The summed E-state index contributed by atoms with van der Waals surface area (Å²) in [5.74, 6) is -1.15. The summed E-state index contributed by atoms with van der Waals surface area (Å²) in [6.07, 6.45) is 2.08. The molecule has 0 saturated carbocycles. The van der Waals surface area contributed by atoms with Gasteiger partial charge in [-0.2, -0.15) is 0 Å². The van der Waals surface area contributed by atoms with Gasteiger partial charge in [-0.3, -0.25) is 9.59 Å². The van der Waals surface area contributed by atoms with Crippen molar-refractivity contribution in [2.45, 2.75) is 45.2 Å². The van der Waals surface area contributed by atoms with Crippen LogP contribution in [0, 0.1) is 11.8 Å². The summed E-state index contributed by atoms with van der Waals surface area (Å²) in [5, 5.41) is 14.7. The second kappa shape index (κ2) is 6.32. The first-order valence-electron chi connectivity index (χ1n) is 7.46. The van der Waals surface area contributed by atoms with E-state index in [2.05, 4.69) is 10.6 Å². The zero-order chi connectivity index (χ0) is 15.6. The molecule has 0 bridgehead atoms. The average Bonchev–Trinajstić information content (AvgIpc) is 2.45. The van der Waals surface area contributed by atoms with Crippen molar-refractivity contribution < 1.29 is 19.5 Å². The zero-order valence-electron chi connectivity index (χ0n) is 12.5. The summed E-state index contributed by atoms with van der Waals surface area (Å²) in [4.78, 5) is 36.2. The summed E-state index contributed by atoms with van der Waals surface area (Å²) in [5.41, 5.74) is 0. The Morgan fingerprint density at radius 2 is 2.10 bits per heavy atom. The Hall–Kier alpha value is -1.79. The molecule has 0 aliphatic carbocycles. The number of amides is 3. The van der Waals surface area contributed by atoms with Crippen molar-refractivity contribution >= 4 is 17.9 Å². The van der Waals surface area contributed by atoms with Crippen LogP contribution in [0.15, 0.2) is 0 Å². The third-order valence-corrected chi connectivity index (χ3v) is 4.60. The Morgan fingerprint density at radius 1 is 1.38 bits per heavy atom. The number of hydrogen-bond donors (Lipinski definition) is 3. The van der Waals surface area contributed by atoms with Crippen LogP contribution < -0.4 is 10.6 Å². The number of urea groups is 1. The molecule has 2 heterocycles. The molecule has 3 amide bonds. The Morgan fingerprint density at radius 3 is 2.76 bits per heavy atom. The molecule has 4 unspecified atom stereocenters. The third kappa shape index (κ3) is 3.65. The molecular weight excluding hydrogens is 274 g/mol. The number of carbonyl (C=O) groups excluding carboxylic acids is 2. The minimum atomic E-state index is -0.920. The van der Waals surface area contributed by atoms with Crippen LogP contribution in [0.25, 0.3) is 0 Å². The van der Waals surface area contributed by atoms with Crippen molar-refractivity contribution in [3.63, 3.8) is 0 Å². The molecule has 2 saturated heterocycles. The van der Waals surface area contributed by atoms with E-state index in [0.717, 1.165) is 12.8 Å². The van der Waals surface area contributed by atoms with Crippen LogP contribution in [0.2, 0.25) is 0 Å². The summed E-state index contributed by atoms with van der Waals surface area (Å²) in [6.45, 7) is 4.48. The first kappa shape index (κ1) is 15.6. The van der Waals surface area contributed by atoms with Gasteiger partial charge in [-0.15, -0.1) is 0 Å². The second-order valence-corrected chi connectivity index (χ2v) is 6.07. The smallest absolute Gasteiger partial charge is 0.317 e. The molecular formula is C14H23N3O4. The van der Waals surface area contributed by atoms with Crippen molar-refractivity contribution in [1.29, 1.82) is 0 Å². The fourth-order valence-corrected chi connectivity index (χ4v) is 2.92. The van der Waals surface area contributed by atoms with Gasteiger partial charge in [-0.05, 0) is 32.6 Å². The van der Waals surface area contributed by atoms with Gasteiger partial charge in [0, 0.05) is 31.6 Å². The van der Waals surface area contributed by atoms with Crippen LogP contribution in [0.3, 0.4) is 0 Å². The molecule has 3 N–H and O–H groups in total. The normalized spacial score (nSPS) is 28.1. The number of likely N-dealkylation sites (tertiary alicyclic amines) is 1. The highest BCUT2D eigenvalue weighted by molar-refractivity contribution is 5.78. The molecule has 7 nitrogen and oxygen atoms in total. The quantitative estimate of drug-likeness (QED) is 0.702. The molecule has 2 aliphatic rings. The minimum Gasteiger partial charge on any atom is -0.481 e. The molecule has 0 radical (unpaired) electrons. The van der Waals surface area contributed by atoms with Crippen LogP contribution in [-0.2, 0) is 9.59 Å². The van der Waals surface area contributed by atoms with Gasteiger partial charge in [0.05, 0.1) is 5.92 Å². The van der Waals surface area contributed by atoms with Crippen LogP contribution in [-0.4, -0.2) is 53.1 Å². The van der Waals surface area contributed by atoms with Gasteiger partial charge in [0.15, 0.2) is 0 Å². The Kier molecular flexibility index (Phi) is 4.69. The van der Waals surface area contributed by atoms with Gasteiger partial charge < -0.3 is 20.6 Å². The number of aliphatic carboxylic acids is 1. The maximum atomic E-state index is 12.2. The number of fused-ring (bicyclic) bond motifs is 1. The lowest BCUT2D eigenvalue weighted by atomic mass is 9.85. The van der Waals surface area contributed by atoms with E-state index >= 15 is 0 Å². The van der Waals surface area contributed by atoms with E-state index in [1.807, 2.05) is 0 Å². The topological polar surface area (TPSA) is 98.7 Å². The Labute approximate surface area is 124 Å². The van der Waals surface area contributed by atoms with E-state index in [-0.39, 0.29) is 18.0 Å². The minimum absolute atomic E-state index is 0.0954. The van der Waals surface area contributed by atoms with Crippen molar-refractivity contribution in [1.82, 2.24) is 15.5 Å². The molecule has 4 atom stereocenters. The number of carbonyl (C=O) groups is 3. The third-order valence-electron chi connectivity index (χ3n) is 4.60. The van der Waals surface area contributed by atoms with Crippen molar-refractivity contribution in [3.8, 4) is 0 Å². The molecule has 0 spiro atoms. The lowest BCUT2D eigenvalue weighted by molar-refractivity contribution is -0.141. The van der Waals surface area contributed by atoms with Gasteiger partial charge in [-0.1, -0.05) is 0 Å². The van der Waals surface area contributed by atoms with Gasteiger partial charge in [0.2, 0.25) is 5.91 Å². The van der Waals surface area contributed by atoms with E-state index < -0.39 is 17.9 Å². The maximum Gasteiger partial charge on any atom is 0.317 e. The summed E-state index contributed by atoms with van der Waals surface area (Å²) >= 11 is 0. The molecule has 0 aromatic carbocycles. The number of piperidine rings is 2. The van der Waals surface area contributed by atoms with Crippen LogP contribution in [0.1, 0.15) is 33.1 Å². The first-order valence-corrected chi connectivity index (χ1v) is 7.46. The first-order chi connectivity index (χ1) is 9.88. The van der Waals surface area contributed by atoms with E-state index in [0.29, 0.717) is 25.4 Å². The van der Waals surface area contributed by atoms with Crippen LogP contribution >= 0.6 is 0 Å². The number of nitrogens with zero attached hydrogens (tertiary/aromatic N) is 1. The summed E-state index contributed by atoms with van der Waals surface area (Å²) in [7, 11) is 0. The van der Waals surface area contributed by atoms with Gasteiger partial charge >= 0.3 is 12.0 Å². The van der Waals surface area contributed by atoms with Crippen molar-refractivity contribution in [2.75, 3.05) is 13.1 Å². The molecule has 118 valence electrons. The Balaban J connectivity index is 1.87. The lowest BCUT2D eigenvalue weighted by Crippen LogP contribution is -2.57.